The monoisotopic (exact) mass is 220 g/mol. The third kappa shape index (κ3) is 2.94. The third-order valence-corrected chi connectivity index (χ3v) is 2.73. The topological polar surface area (TPSA) is 0 Å². The van der Waals surface area contributed by atoms with Gasteiger partial charge in [-0.05, 0) is 29.7 Å². The van der Waals surface area contributed by atoms with Crippen LogP contribution in [0.1, 0.15) is 16.7 Å². The van der Waals surface area contributed by atoms with Gasteiger partial charge in [-0.15, -0.1) is 0 Å². The van der Waals surface area contributed by atoms with E-state index in [1.165, 1.54) is 16.7 Å². The van der Waals surface area contributed by atoms with Gasteiger partial charge in [0, 0.05) is 0 Å². The fourth-order valence-electron chi connectivity index (χ4n) is 1.73. The zero-order chi connectivity index (χ0) is 12.1. The van der Waals surface area contributed by atoms with Crippen molar-refractivity contribution in [3.63, 3.8) is 0 Å². The van der Waals surface area contributed by atoms with E-state index in [0.29, 0.717) is 0 Å². The second kappa shape index (κ2) is 5.31. The van der Waals surface area contributed by atoms with Crippen molar-refractivity contribution < 1.29 is 0 Å². The van der Waals surface area contributed by atoms with Gasteiger partial charge >= 0.3 is 0 Å². The van der Waals surface area contributed by atoms with E-state index in [4.69, 9.17) is 0 Å². The van der Waals surface area contributed by atoms with Gasteiger partial charge in [-0.1, -0.05) is 72.8 Å². The van der Waals surface area contributed by atoms with Crippen LogP contribution in [0.5, 0.6) is 0 Å². The molecule has 2 aromatic rings. The Morgan fingerprint density at radius 2 is 1.59 bits per heavy atom. The molecular formula is C17H16. The van der Waals surface area contributed by atoms with E-state index in [1.54, 1.807) is 0 Å². The second-order valence-corrected chi connectivity index (χ2v) is 4.08. The van der Waals surface area contributed by atoms with Crippen LogP contribution in [0.25, 0.3) is 11.6 Å². The van der Waals surface area contributed by atoms with Gasteiger partial charge in [-0.3, -0.25) is 0 Å². The predicted octanol–water partition coefficient (Wildman–Crippen LogP) is 4.72. The minimum absolute atomic E-state index is 1.15. The van der Waals surface area contributed by atoms with Crippen LogP contribution in [0.3, 0.4) is 0 Å². The molecule has 0 aliphatic heterocycles. The first-order chi connectivity index (χ1) is 8.29. The number of rotatable bonds is 3. The Kier molecular flexibility index (Phi) is 3.56. The van der Waals surface area contributed by atoms with Gasteiger partial charge in [0.1, 0.15) is 0 Å². The molecule has 0 fully saturated rings. The quantitative estimate of drug-likeness (QED) is 0.518. The standard InChI is InChI=1S/C17H16/c1-3-16(13-15-7-5-4-6-8-15)17-11-9-14(2)10-12-17/h3-13H,1H2,2H3/b16-13-. The van der Waals surface area contributed by atoms with Crippen LogP contribution in [-0.4, -0.2) is 0 Å². The molecule has 0 aliphatic rings. The largest absolute Gasteiger partial charge is 0.0984 e. The summed E-state index contributed by atoms with van der Waals surface area (Å²) in [5, 5.41) is 0. The molecule has 0 aromatic heterocycles. The summed E-state index contributed by atoms with van der Waals surface area (Å²) in [6, 6.07) is 18.8. The first-order valence-electron chi connectivity index (χ1n) is 5.76. The number of aryl methyl sites for hydroxylation is 1. The summed E-state index contributed by atoms with van der Waals surface area (Å²) in [5.41, 5.74) is 4.82. The lowest BCUT2D eigenvalue weighted by Gasteiger charge is -2.03. The molecule has 0 radical (unpaired) electrons. The third-order valence-electron chi connectivity index (χ3n) is 2.73. The van der Waals surface area contributed by atoms with Gasteiger partial charge < -0.3 is 0 Å². The summed E-state index contributed by atoms with van der Waals surface area (Å²) in [4.78, 5) is 0. The van der Waals surface area contributed by atoms with E-state index >= 15 is 0 Å². The van der Waals surface area contributed by atoms with E-state index in [9.17, 15) is 0 Å². The maximum absolute atomic E-state index is 3.89. The van der Waals surface area contributed by atoms with Crippen molar-refractivity contribution in [1.29, 1.82) is 0 Å². The molecule has 0 heteroatoms. The highest BCUT2D eigenvalue weighted by molar-refractivity contribution is 5.87. The van der Waals surface area contributed by atoms with Gasteiger partial charge in [0.2, 0.25) is 0 Å². The average Bonchev–Trinajstić information content (AvgIpc) is 2.38. The zero-order valence-electron chi connectivity index (χ0n) is 10.1. The fourth-order valence-corrected chi connectivity index (χ4v) is 1.73. The molecule has 84 valence electrons. The van der Waals surface area contributed by atoms with Crippen molar-refractivity contribution in [2.45, 2.75) is 6.92 Å². The molecule has 2 rings (SSSR count). The van der Waals surface area contributed by atoms with Crippen LogP contribution in [-0.2, 0) is 0 Å². The summed E-state index contributed by atoms with van der Waals surface area (Å²) in [7, 11) is 0. The summed E-state index contributed by atoms with van der Waals surface area (Å²) < 4.78 is 0. The maximum atomic E-state index is 3.89. The molecule has 0 saturated carbocycles. The fraction of sp³-hybridized carbons (Fsp3) is 0.0588. The summed E-state index contributed by atoms with van der Waals surface area (Å²) in [6.45, 7) is 5.98. The zero-order valence-corrected chi connectivity index (χ0v) is 10.1. The molecule has 0 atom stereocenters. The Balaban J connectivity index is 2.37. The SMILES string of the molecule is C=C/C(=C/c1ccccc1)c1ccc(C)cc1. The first-order valence-corrected chi connectivity index (χ1v) is 5.76. The number of allylic oxidation sites excluding steroid dienone is 2. The predicted molar refractivity (Wildman–Crippen MR) is 75.7 cm³/mol. The summed E-state index contributed by atoms with van der Waals surface area (Å²) in [5.74, 6) is 0. The van der Waals surface area contributed by atoms with Gasteiger partial charge in [-0.25, -0.2) is 0 Å². The van der Waals surface area contributed by atoms with Crippen LogP contribution in [0.15, 0.2) is 67.3 Å². The van der Waals surface area contributed by atoms with E-state index in [-0.39, 0.29) is 0 Å². The van der Waals surface area contributed by atoms with E-state index in [1.807, 2.05) is 24.3 Å². The van der Waals surface area contributed by atoms with Crippen molar-refractivity contribution in [3.8, 4) is 0 Å². The van der Waals surface area contributed by atoms with Crippen LogP contribution in [0, 0.1) is 6.92 Å². The highest BCUT2D eigenvalue weighted by Gasteiger charge is 1.97. The average molecular weight is 220 g/mol. The lowest BCUT2D eigenvalue weighted by Crippen LogP contribution is -1.81. The highest BCUT2D eigenvalue weighted by Crippen LogP contribution is 2.19. The molecule has 2 aromatic carbocycles. The van der Waals surface area contributed by atoms with Gasteiger partial charge in [0.05, 0.1) is 0 Å². The lowest BCUT2D eigenvalue weighted by molar-refractivity contribution is 1.46. The van der Waals surface area contributed by atoms with E-state index in [0.717, 1.165) is 5.57 Å². The molecule has 0 N–H and O–H groups in total. The Morgan fingerprint density at radius 3 is 2.18 bits per heavy atom. The molecule has 0 unspecified atom stereocenters. The second-order valence-electron chi connectivity index (χ2n) is 4.08. The molecule has 0 saturated heterocycles. The maximum Gasteiger partial charge on any atom is -0.0184 e. The summed E-state index contributed by atoms with van der Waals surface area (Å²) >= 11 is 0. The number of benzene rings is 2. The molecule has 0 nitrogen and oxygen atoms in total. The van der Waals surface area contributed by atoms with Crippen LogP contribution < -0.4 is 0 Å². The normalized spacial score (nSPS) is 11.2. The Hall–Kier alpha value is -2.08. The van der Waals surface area contributed by atoms with Crippen molar-refractivity contribution in [3.05, 3.63) is 83.9 Å². The highest BCUT2D eigenvalue weighted by atomic mass is 14.0. The summed E-state index contributed by atoms with van der Waals surface area (Å²) in [6.07, 6.45) is 4.05. The molecule has 17 heavy (non-hydrogen) atoms. The first kappa shape index (κ1) is 11.4. The molecule has 0 heterocycles. The Morgan fingerprint density at radius 1 is 0.941 bits per heavy atom. The Labute approximate surface area is 103 Å². The minimum atomic E-state index is 1.15. The van der Waals surface area contributed by atoms with Crippen LogP contribution in [0.2, 0.25) is 0 Å². The van der Waals surface area contributed by atoms with Crippen LogP contribution in [0.4, 0.5) is 0 Å². The molecule has 0 spiro atoms. The molecule has 0 amide bonds. The van der Waals surface area contributed by atoms with Gasteiger partial charge in [0.15, 0.2) is 0 Å². The number of hydrogen-bond donors (Lipinski definition) is 0. The van der Waals surface area contributed by atoms with Crippen molar-refractivity contribution in [1.82, 2.24) is 0 Å². The van der Waals surface area contributed by atoms with E-state index < -0.39 is 0 Å². The smallest absolute Gasteiger partial charge is 0.0184 e. The van der Waals surface area contributed by atoms with Crippen molar-refractivity contribution >= 4 is 11.6 Å². The number of hydrogen-bond acceptors (Lipinski definition) is 0. The molecular weight excluding hydrogens is 204 g/mol. The van der Waals surface area contributed by atoms with Crippen LogP contribution >= 0.6 is 0 Å². The Bertz CT molecular complexity index is 516. The molecule has 0 bridgehead atoms. The van der Waals surface area contributed by atoms with Gasteiger partial charge in [-0.2, -0.15) is 0 Å². The minimum Gasteiger partial charge on any atom is -0.0984 e. The van der Waals surface area contributed by atoms with Crippen molar-refractivity contribution in [2.75, 3.05) is 0 Å². The van der Waals surface area contributed by atoms with Gasteiger partial charge in [0.25, 0.3) is 0 Å². The van der Waals surface area contributed by atoms with Crippen molar-refractivity contribution in [2.24, 2.45) is 0 Å². The van der Waals surface area contributed by atoms with E-state index in [2.05, 4.69) is 56.0 Å². The lowest BCUT2D eigenvalue weighted by atomic mass is 10.0. The molecule has 0 aliphatic carbocycles.